The van der Waals surface area contributed by atoms with Gasteiger partial charge >= 0.3 is 0 Å². The molecular weight excluding hydrogens is 271 g/mol. The fourth-order valence-corrected chi connectivity index (χ4v) is 1.53. The SMILES string of the molecule is COc1ccc(C=O)c(O)c1I. The predicted octanol–water partition coefficient (Wildman–Crippen LogP) is 1.82. The molecule has 0 heterocycles. The lowest BCUT2D eigenvalue weighted by atomic mass is 10.2. The maximum Gasteiger partial charge on any atom is 0.153 e. The molecule has 0 saturated carbocycles. The third-order valence-electron chi connectivity index (χ3n) is 1.46. The van der Waals surface area contributed by atoms with E-state index in [1.165, 1.54) is 13.2 Å². The lowest BCUT2D eigenvalue weighted by Crippen LogP contribution is -1.90. The van der Waals surface area contributed by atoms with Crippen LogP contribution in [0, 0.1) is 3.57 Å². The number of halogens is 1. The molecule has 1 rings (SSSR count). The maximum atomic E-state index is 10.4. The highest BCUT2D eigenvalue weighted by atomic mass is 127. The number of hydrogen-bond donors (Lipinski definition) is 1. The van der Waals surface area contributed by atoms with E-state index in [1.54, 1.807) is 6.07 Å². The Kier molecular flexibility index (Phi) is 2.91. The van der Waals surface area contributed by atoms with Crippen LogP contribution in [0.4, 0.5) is 0 Å². The summed E-state index contributed by atoms with van der Waals surface area (Å²) in [7, 11) is 1.51. The number of aromatic hydroxyl groups is 1. The van der Waals surface area contributed by atoms with Crippen LogP contribution in [-0.4, -0.2) is 18.5 Å². The van der Waals surface area contributed by atoms with Gasteiger partial charge in [0.15, 0.2) is 6.29 Å². The molecule has 0 aliphatic carbocycles. The highest BCUT2D eigenvalue weighted by molar-refractivity contribution is 14.1. The van der Waals surface area contributed by atoms with E-state index < -0.39 is 0 Å². The zero-order valence-electron chi connectivity index (χ0n) is 6.37. The minimum atomic E-state index is -0.0232. The molecule has 0 spiro atoms. The van der Waals surface area contributed by atoms with Crippen LogP contribution in [-0.2, 0) is 0 Å². The van der Waals surface area contributed by atoms with Crippen LogP contribution < -0.4 is 4.74 Å². The summed E-state index contributed by atoms with van der Waals surface area (Å²) in [5, 5.41) is 9.39. The fourth-order valence-electron chi connectivity index (χ4n) is 0.814. The van der Waals surface area contributed by atoms with Crippen LogP contribution in [0.25, 0.3) is 0 Å². The van der Waals surface area contributed by atoms with Crippen molar-refractivity contribution in [3.05, 3.63) is 21.3 Å². The van der Waals surface area contributed by atoms with E-state index in [0.717, 1.165) is 0 Å². The van der Waals surface area contributed by atoms with Crippen molar-refractivity contribution in [2.75, 3.05) is 7.11 Å². The van der Waals surface area contributed by atoms with Crippen molar-refractivity contribution in [1.82, 2.24) is 0 Å². The summed E-state index contributed by atoms with van der Waals surface area (Å²) in [6.45, 7) is 0. The number of methoxy groups -OCH3 is 1. The van der Waals surface area contributed by atoms with Gasteiger partial charge in [0.05, 0.1) is 16.2 Å². The molecule has 12 heavy (non-hydrogen) atoms. The zero-order valence-corrected chi connectivity index (χ0v) is 8.53. The lowest BCUT2D eigenvalue weighted by Gasteiger charge is -2.05. The molecule has 0 aliphatic heterocycles. The third kappa shape index (κ3) is 1.52. The Morgan fingerprint density at radius 1 is 1.58 bits per heavy atom. The van der Waals surface area contributed by atoms with E-state index in [-0.39, 0.29) is 11.3 Å². The minimum absolute atomic E-state index is 0.0232. The van der Waals surface area contributed by atoms with Gasteiger partial charge in [0, 0.05) is 0 Å². The van der Waals surface area contributed by atoms with Crippen molar-refractivity contribution in [3.63, 3.8) is 0 Å². The first kappa shape index (κ1) is 9.31. The summed E-state index contributed by atoms with van der Waals surface area (Å²) in [5.74, 6) is 0.545. The molecule has 0 bridgehead atoms. The second-order valence-corrected chi connectivity index (χ2v) is 3.22. The standard InChI is InChI=1S/C8H7IO3/c1-12-6-3-2-5(4-10)8(11)7(6)9/h2-4,11H,1H3. The zero-order chi connectivity index (χ0) is 9.14. The number of carbonyl (C=O) groups excluding carboxylic acids is 1. The Morgan fingerprint density at radius 3 is 2.75 bits per heavy atom. The van der Waals surface area contributed by atoms with Gasteiger partial charge < -0.3 is 9.84 Å². The molecule has 0 amide bonds. The molecule has 0 fully saturated rings. The van der Waals surface area contributed by atoms with Crippen LogP contribution in [0.5, 0.6) is 11.5 Å². The first-order valence-electron chi connectivity index (χ1n) is 3.21. The summed E-state index contributed by atoms with van der Waals surface area (Å²) in [4.78, 5) is 10.4. The Hall–Kier alpha value is -0.780. The molecular formula is C8H7IO3. The average Bonchev–Trinajstić information content (AvgIpc) is 2.10. The highest BCUT2D eigenvalue weighted by Crippen LogP contribution is 2.31. The summed E-state index contributed by atoms with van der Waals surface area (Å²) >= 11 is 1.92. The van der Waals surface area contributed by atoms with E-state index in [2.05, 4.69) is 0 Å². The Labute approximate surface area is 83.5 Å². The Bertz CT molecular complexity index is 309. The first-order chi connectivity index (χ1) is 5.70. The maximum absolute atomic E-state index is 10.4. The van der Waals surface area contributed by atoms with E-state index in [1.807, 2.05) is 22.6 Å². The molecule has 0 unspecified atom stereocenters. The van der Waals surface area contributed by atoms with Crippen LogP contribution in [0.2, 0.25) is 0 Å². The summed E-state index contributed by atoms with van der Waals surface area (Å²) < 4.78 is 5.50. The fraction of sp³-hybridized carbons (Fsp3) is 0.125. The number of ether oxygens (including phenoxy) is 1. The van der Waals surface area contributed by atoms with Gasteiger partial charge in [-0.3, -0.25) is 4.79 Å². The van der Waals surface area contributed by atoms with Gasteiger partial charge in [-0.1, -0.05) is 0 Å². The molecule has 0 aliphatic rings. The molecule has 0 atom stereocenters. The largest absolute Gasteiger partial charge is 0.506 e. The topological polar surface area (TPSA) is 46.5 Å². The number of benzene rings is 1. The Morgan fingerprint density at radius 2 is 2.25 bits per heavy atom. The summed E-state index contributed by atoms with van der Waals surface area (Å²) in [6, 6.07) is 3.16. The normalized spacial score (nSPS) is 9.50. The average molecular weight is 278 g/mol. The summed E-state index contributed by atoms with van der Waals surface area (Å²) in [5.41, 5.74) is 0.278. The number of phenols is 1. The monoisotopic (exact) mass is 278 g/mol. The second kappa shape index (κ2) is 3.75. The molecule has 1 aromatic carbocycles. The molecule has 1 aromatic rings. The van der Waals surface area contributed by atoms with Gasteiger partial charge in [0.1, 0.15) is 11.5 Å². The van der Waals surface area contributed by atoms with Crippen LogP contribution >= 0.6 is 22.6 Å². The second-order valence-electron chi connectivity index (χ2n) is 2.14. The van der Waals surface area contributed by atoms with E-state index in [9.17, 15) is 9.90 Å². The Balaban J connectivity index is 3.29. The third-order valence-corrected chi connectivity index (χ3v) is 2.50. The molecule has 4 heteroatoms. The van der Waals surface area contributed by atoms with Crippen molar-refractivity contribution in [2.24, 2.45) is 0 Å². The predicted molar refractivity (Wildman–Crippen MR) is 52.8 cm³/mol. The lowest BCUT2D eigenvalue weighted by molar-refractivity contribution is 0.112. The van der Waals surface area contributed by atoms with Gasteiger partial charge in [0.25, 0.3) is 0 Å². The van der Waals surface area contributed by atoms with Gasteiger partial charge in [0.2, 0.25) is 0 Å². The number of rotatable bonds is 2. The number of hydrogen-bond acceptors (Lipinski definition) is 3. The minimum Gasteiger partial charge on any atom is -0.506 e. The van der Waals surface area contributed by atoms with Gasteiger partial charge in [-0.05, 0) is 34.7 Å². The number of carbonyl (C=O) groups is 1. The van der Waals surface area contributed by atoms with Gasteiger partial charge in [-0.25, -0.2) is 0 Å². The van der Waals surface area contributed by atoms with Crippen molar-refractivity contribution < 1.29 is 14.6 Å². The molecule has 1 N–H and O–H groups in total. The van der Waals surface area contributed by atoms with E-state index in [0.29, 0.717) is 15.6 Å². The number of aldehydes is 1. The van der Waals surface area contributed by atoms with Crippen LogP contribution in [0.1, 0.15) is 10.4 Å². The van der Waals surface area contributed by atoms with E-state index in [4.69, 9.17) is 4.74 Å². The molecule has 0 saturated heterocycles. The first-order valence-corrected chi connectivity index (χ1v) is 4.29. The smallest absolute Gasteiger partial charge is 0.153 e. The molecule has 64 valence electrons. The van der Waals surface area contributed by atoms with Crippen molar-refractivity contribution in [3.8, 4) is 11.5 Å². The van der Waals surface area contributed by atoms with Crippen molar-refractivity contribution in [1.29, 1.82) is 0 Å². The molecule has 0 radical (unpaired) electrons. The van der Waals surface area contributed by atoms with Crippen molar-refractivity contribution in [2.45, 2.75) is 0 Å². The van der Waals surface area contributed by atoms with Crippen LogP contribution in [0.15, 0.2) is 12.1 Å². The molecule has 3 nitrogen and oxygen atoms in total. The van der Waals surface area contributed by atoms with Gasteiger partial charge in [-0.2, -0.15) is 0 Å². The quantitative estimate of drug-likeness (QED) is 0.663. The summed E-state index contributed by atoms with van der Waals surface area (Å²) in [6.07, 6.45) is 0.608. The van der Waals surface area contributed by atoms with Gasteiger partial charge in [-0.15, -0.1) is 0 Å². The van der Waals surface area contributed by atoms with E-state index >= 15 is 0 Å². The highest BCUT2D eigenvalue weighted by Gasteiger charge is 2.09. The van der Waals surface area contributed by atoms with Crippen LogP contribution in [0.3, 0.4) is 0 Å². The molecule has 0 aromatic heterocycles. The number of phenolic OH excluding ortho intramolecular Hbond substituents is 1. The van der Waals surface area contributed by atoms with Crippen molar-refractivity contribution >= 4 is 28.9 Å².